The second-order valence-corrected chi connectivity index (χ2v) is 11.1. The first kappa shape index (κ1) is 18.7. The number of nitrogens with zero attached hydrogens (tertiary/aromatic N) is 2. The maximum absolute atomic E-state index is 13.1. The molecule has 0 unspecified atom stereocenters. The molecule has 0 N–H and O–H groups in total. The van der Waals surface area contributed by atoms with Crippen molar-refractivity contribution < 1.29 is 17.9 Å². The number of hydrogen-bond acceptors (Lipinski definition) is 5. The van der Waals surface area contributed by atoms with E-state index in [2.05, 4.69) is 17.0 Å². The number of sulfonamides is 1. The van der Waals surface area contributed by atoms with Gasteiger partial charge in [0.15, 0.2) is 11.5 Å². The van der Waals surface area contributed by atoms with E-state index >= 15 is 0 Å². The van der Waals surface area contributed by atoms with Gasteiger partial charge in [-0.2, -0.15) is 4.31 Å². The van der Waals surface area contributed by atoms with Gasteiger partial charge in [-0.1, -0.05) is 13.8 Å². The Balaban J connectivity index is 1.46. The number of ether oxygens (including phenoxy) is 2. The zero-order valence-electron chi connectivity index (χ0n) is 16.8. The Morgan fingerprint density at radius 2 is 1.96 bits per heavy atom. The van der Waals surface area contributed by atoms with E-state index in [0.717, 1.165) is 50.3 Å². The van der Waals surface area contributed by atoms with E-state index in [-0.39, 0.29) is 23.8 Å². The summed E-state index contributed by atoms with van der Waals surface area (Å²) in [5.74, 6) is 2.53. The highest BCUT2D eigenvalue weighted by Gasteiger charge is 2.46. The van der Waals surface area contributed by atoms with Crippen molar-refractivity contribution in [1.82, 2.24) is 9.21 Å². The number of rotatable bonds is 3. The van der Waals surface area contributed by atoms with Crippen molar-refractivity contribution in [3.8, 4) is 11.5 Å². The molecule has 4 aliphatic heterocycles. The Morgan fingerprint density at radius 3 is 2.75 bits per heavy atom. The normalized spacial score (nSPS) is 30.0. The average Bonchev–Trinajstić information content (AvgIpc) is 3.10. The van der Waals surface area contributed by atoms with Crippen molar-refractivity contribution >= 4 is 10.0 Å². The summed E-state index contributed by atoms with van der Waals surface area (Å²) >= 11 is 0. The molecule has 0 aromatic heterocycles. The number of piperidine rings is 2. The largest absolute Gasteiger partial charge is 0.454 e. The fourth-order valence-corrected chi connectivity index (χ4v) is 7.77. The van der Waals surface area contributed by atoms with Crippen LogP contribution in [0.4, 0.5) is 0 Å². The van der Waals surface area contributed by atoms with Gasteiger partial charge in [0.25, 0.3) is 0 Å². The van der Waals surface area contributed by atoms with Crippen LogP contribution in [0, 0.1) is 11.8 Å². The average molecular weight is 407 g/mol. The molecule has 4 heterocycles. The van der Waals surface area contributed by atoms with Gasteiger partial charge in [0.1, 0.15) is 0 Å². The van der Waals surface area contributed by atoms with Crippen molar-refractivity contribution in [3.05, 3.63) is 23.3 Å². The molecule has 5 rings (SSSR count). The molecule has 0 aliphatic carbocycles. The third kappa shape index (κ3) is 3.12. The summed E-state index contributed by atoms with van der Waals surface area (Å²) in [5.41, 5.74) is 2.64. The Morgan fingerprint density at radius 1 is 1.18 bits per heavy atom. The van der Waals surface area contributed by atoms with Gasteiger partial charge in [-0.15, -0.1) is 0 Å². The van der Waals surface area contributed by atoms with E-state index in [1.807, 2.05) is 18.2 Å². The summed E-state index contributed by atoms with van der Waals surface area (Å²) in [6.07, 6.45) is 4.02. The summed E-state index contributed by atoms with van der Waals surface area (Å²) in [5, 5.41) is 0. The molecule has 2 saturated heterocycles. The van der Waals surface area contributed by atoms with Crippen molar-refractivity contribution in [2.45, 2.75) is 51.6 Å². The lowest BCUT2D eigenvalue weighted by atomic mass is 9.77. The zero-order valence-corrected chi connectivity index (χ0v) is 17.6. The highest BCUT2D eigenvalue weighted by atomic mass is 32.2. The van der Waals surface area contributed by atoms with Crippen LogP contribution in [0.15, 0.2) is 12.1 Å². The third-order valence-corrected chi connectivity index (χ3v) is 9.06. The molecule has 4 aliphatic rings. The van der Waals surface area contributed by atoms with Gasteiger partial charge in [-0.3, -0.25) is 4.90 Å². The van der Waals surface area contributed by atoms with Crippen molar-refractivity contribution in [3.63, 3.8) is 0 Å². The van der Waals surface area contributed by atoms with Gasteiger partial charge in [0, 0.05) is 31.7 Å². The second-order valence-electron chi connectivity index (χ2n) is 9.15. The minimum absolute atomic E-state index is 0.120. The van der Waals surface area contributed by atoms with Crippen LogP contribution in [0.5, 0.6) is 11.5 Å². The molecule has 0 amide bonds. The first-order valence-corrected chi connectivity index (χ1v) is 12.2. The quantitative estimate of drug-likeness (QED) is 0.773. The smallest absolute Gasteiger partial charge is 0.231 e. The molecule has 0 saturated carbocycles. The molecule has 0 spiro atoms. The first-order chi connectivity index (χ1) is 13.4. The Bertz CT molecular complexity index is 869. The van der Waals surface area contributed by atoms with Crippen molar-refractivity contribution in [1.29, 1.82) is 0 Å². The maximum Gasteiger partial charge on any atom is 0.231 e. The number of benzene rings is 1. The van der Waals surface area contributed by atoms with Crippen LogP contribution in [0.2, 0.25) is 0 Å². The molecular weight excluding hydrogens is 376 g/mol. The molecule has 7 heteroatoms. The zero-order chi connectivity index (χ0) is 19.5. The Labute approximate surface area is 167 Å². The van der Waals surface area contributed by atoms with Gasteiger partial charge < -0.3 is 9.47 Å². The lowest BCUT2D eigenvalue weighted by molar-refractivity contribution is 0.0218. The molecule has 154 valence electrons. The van der Waals surface area contributed by atoms with Gasteiger partial charge in [-0.05, 0) is 60.8 Å². The highest BCUT2D eigenvalue weighted by molar-refractivity contribution is 7.89. The standard InChI is InChI=1S/C21H30N2O4S/c1-14(2)12-28(24,25)23-6-3-4-16-11-22-7-5-15-8-20-21(27-13-26-20)9-17(15)19(22)10-18(16)23/h8-9,14,16,18-19H,3-7,10-13H2,1-2H3/t16-,18+,19-/m1/s1. The first-order valence-electron chi connectivity index (χ1n) is 10.6. The summed E-state index contributed by atoms with van der Waals surface area (Å²) in [6, 6.07) is 4.67. The van der Waals surface area contributed by atoms with E-state index in [4.69, 9.17) is 9.47 Å². The van der Waals surface area contributed by atoms with E-state index in [0.29, 0.717) is 19.3 Å². The van der Waals surface area contributed by atoms with Crippen LogP contribution in [0.1, 0.15) is 50.3 Å². The van der Waals surface area contributed by atoms with Crippen LogP contribution < -0.4 is 9.47 Å². The van der Waals surface area contributed by atoms with Crippen LogP contribution in [0.3, 0.4) is 0 Å². The third-order valence-electron chi connectivity index (χ3n) is 6.81. The molecule has 0 radical (unpaired) electrons. The summed E-state index contributed by atoms with van der Waals surface area (Å²) in [7, 11) is -3.21. The molecule has 28 heavy (non-hydrogen) atoms. The Hall–Kier alpha value is -1.31. The monoisotopic (exact) mass is 406 g/mol. The van der Waals surface area contributed by atoms with Crippen LogP contribution in [0.25, 0.3) is 0 Å². The molecule has 3 atom stereocenters. The predicted molar refractivity (Wildman–Crippen MR) is 107 cm³/mol. The second kappa shape index (κ2) is 6.89. The van der Waals surface area contributed by atoms with E-state index < -0.39 is 10.0 Å². The van der Waals surface area contributed by atoms with Gasteiger partial charge in [0.2, 0.25) is 16.8 Å². The van der Waals surface area contributed by atoms with Crippen LogP contribution >= 0.6 is 0 Å². The topological polar surface area (TPSA) is 59.1 Å². The summed E-state index contributed by atoms with van der Waals surface area (Å²) in [4.78, 5) is 2.57. The highest BCUT2D eigenvalue weighted by Crippen LogP contribution is 2.46. The number of hydrogen-bond donors (Lipinski definition) is 0. The van der Waals surface area contributed by atoms with E-state index in [9.17, 15) is 8.42 Å². The molecule has 1 aromatic carbocycles. The minimum atomic E-state index is -3.21. The molecule has 2 fully saturated rings. The summed E-state index contributed by atoms with van der Waals surface area (Å²) in [6.45, 7) is 6.98. The van der Waals surface area contributed by atoms with Gasteiger partial charge >= 0.3 is 0 Å². The Kier molecular flexibility index (Phi) is 4.60. The van der Waals surface area contributed by atoms with Gasteiger partial charge in [0.05, 0.1) is 5.75 Å². The van der Waals surface area contributed by atoms with Crippen LogP contribution in [-0.4, -0.2) is 55.8 Å². The van der Waals surface area contributed by atoms with Crippen LogP contribution in [-0.2, 0) is 16.4 Å². The number of fused-ring (bicyclic) bond motifs is 5. The summed E-state index contributed by atoms with van der Waals surface area (Å²) < 4.78 is 39.2. The van der Waals surface area contributed by atoms with E-state index in [1.54, 1.807) is 0 Å². The minimum Gasteiger partial charge on any atom is -0.454 e. The van der Waals surface area contributed by atoms with Crippen molar-refractivity contribution in [2.75, 3.05) is 32.2 Å². The fourth-order valence-electron chi connectivity index (χ4n) is 5.66. The molecule has 0 bridgehead atoms. The fraction of sp³-hybridized carbons (Fsp3) is 0.714. The maximum atomic E-state index is 13.1. The SMILES string of the molecule is CC(C)CS(=O)(=O)N1CCC[C@@H]2CN3CCc4cc5c(cc4[C@H]3C[C@@H]21)OCO5. The molecule has 1 aromatic rings. The van der Waals surface area contributed by atoms with Crippen molar-refractivity contribution in [2.24, 2.45) is 11.8 Å². The molecule has 6 nitrogen and oxygen atoms in total. The lowest BCUT2D eigenvalue weighted by Crippen LogP contribution is -2.57. The molecular formula is C21H30N2O4S. The lowest BCUT2D eigenvalue weighted by Gasteiger charge is -2.51. The predicted octanol–water partition coefficient (Wildman–Crippen LogP) is 2.78. The van der Waals surface area contributed by atoms with Gasteiger partial charge in [-0.25, -0.2) is 8.42 Å². The van der Waals surface area contributed by atoms with E-state index in [1.165, 1.54) is 11.1 Å².